The van der Waals surface area contributed by atoms with E-state index in [4.69, 9.17) is 4.74 Å². The van der Waals surface area contributed by atoms with Gasteiger partial charge in [-0.05, 0) is 36.8 Å². The summed E-state index contributed by atoms with van der Waals surface area (Å²) >= 11 is 0. The Hall–Kier alpha value is -1.59. The number of fused-ring (bicyclic) bond motifs is 1. The van der Waals surface area contributed by atoms with E-state index in [0.717, 1.165) is 42.2 Å². The molecule has 1 heterocycles. The highest BCUT2D eigenvalue weighted by Gasteiger charge is 2.32. The fraction of sp³-hybridized carbons (Fsp3) is 0.545. The van der Waals surface area contributed by atoms with Gasteiger partial charge in [-0.2, -0.15) is 4.31 Å². The summed E-state index contributed by atoms with van der Waals surface area (Å²) in [7, 11) is -3.52. The van der Waals surface area contributed by atoms with Crippen LogP contribution in [0.15, 0.2) is 41.3 Å². The van der Waals surface area contributed by atoms with Gasteiger partial charge in [-0.1, -0.05) is 57.9 Å². The number of hydrogen-bond acceptors (Lipinski definition) is 3. The van der Waals surface area contributed by atoms with Crippen LogP contribution >= 0.6 is 0 Å². The molecule has 2 aromatic carbocycles. The molecule has 2 aromatic rings. The van der Waals surface area contributed by atoms with E-state index >= 15 is 0 Å². The van der Waals surface area contributed by atoms with Crippen molar-refractivity contribution in [2.24, 2.45) is 11.8 Å². The summed E-state index contributed by atoms with van der Waals surface area (Å²) in [4.78, 5) is 0.389. The molecule has 0 radical (unpaired) electrons. The lowest BCUT2D eigenvalue weighted by Crippen LogP contribution is -2.42. The van der Waals surface area contributed by atoms with Crippen LogP contribution in [0.2, 0.25) is 0 Å². The highest BCUT2D eigenvalue weighted by Crippen LogP contribution is 2.34. The first-order valence-electron chi connectivity index (χ1n) is 10.1. The molecule has 148 valence electrons. The average Bonchev–Trinajstić information content (AvgIpc) is 2.64. The van der Waals surface area contributed by atoms with Gasteiger partial charge in [0.15, 0.2) is 0 Å². The topological polar surface area (TPSA) is 46.6 Å². The molecule has 5 heteroatoms. The predicted octanol–water partition coefficient (Wildman–Crippen LogP) is 5.08. The van der Waals surface area contributed by atoms with Crippen molar-refractivity contribution in [3.8, 4) is 5.75 Å². The Morgan fingerprint density at radius 2 is 1.67 bits per heavy atom. The lowest BCUT2D eigenvalue weighted by molar-refractivity contribution is 0.222. The molecule has 0 amide bonds. The van der Waals surface area contributed by atoms with Gasteiger partial charge in [-0.3, -0.25) is 0 Å². The first kappa shape index (κ1) is 20.2. The van der Waals surface area contributed by atoms with Crippen LogP contribution in [0.25, 0.3) is 10.8 Å². The maximum absolute atomic E-state index is 13.4. The zero-order valence-electron chi connectivity index (χ0n) is 16.6. The third kappa shape index (κ3) is 4.46. The third-order valence-electron chi connectivity index (χ3n) is 5.30. The summed E-state index contributed by atoms with van der Waals surface area (Å²) < 4.78 is 34.4. The second kappa shape index (κ2) is 8.61. The van der Waals surface area contributed by atoms with Crippen LogP contribution in [0.3, 0.4) is 0 Å². The van der Waals surface area contributed by atoms with Crippen molar-refractivity contribution in [2.45, 2.75) is 51.3 Å². The number of piperidine rings is 1. The molecule has 4 nitrogen and oxygen atoms in total. The maximum atomic E-state index is 13.4. The highest BCUT2D eigenvalue weighted by molar-refractivity contribution is 7.89. The van der Waals surface area contributed by atoms with E-state index in [1.807, 2.05) is 30.3 Å². The van der Waals surface area contributed by atoms with Gasteiger partial charge in [0.05, 0.1) is 11.5 Å². The minimum Gasteiger partial charge on any atom is -0.493 e. The summed E-state index contributed by atoms with van der Waals surface area (Å²) in [6.07, 6.45) is 4.37. The summed E-state index contributed by atoms with van der Waals surface area (Å²) in [5.74, 6) is 1.54. The molecule has 0 saturated carbocycles. The minimum absolute atomic E-state index is 0.385. The molecule has 27 heavy (non-hydrogen) atoms. The van der Waals surface area contributed by atoms with E-state index in [1.165, 1.54) is 0 Å². The maximum Gasteiger partial charge on any atom is 0.243 e. The van der Waals surface area contributed by atoms with E-state index < -0.39 is 10.0 Å². The Morgan fingerprint density at radius 3 is 2.33 bits per heavy atom. The van der Waals surface area contributed by atoms with Crippen LogP contribution in [0, 0.1) is 11.8 Å². The molecule has 0 bridgehead atoms. The van der Waals surface area contributed by atoms with Gasteiger partial charge >= 0.3 is 0 Å². The Balaban J connectivity index is 1.95. The molecular formula is C22H31NO3S. The van der Waals surface area contributed by atoms with E-state index in [2.05, 4.69) is 20.8 Å². The predicted molar refractivity (Wildman–Crippen MR) is 111 cm³/mol. The van der Waals surface area contributed by atoms with Crippen molar-refractivity contribution < 1.29 is 13.2 Å². The average molecular weight is 390 g/mol. The molecule has 0 spiro atoms. The molecule has 0 unspecified atom stereocenters. The van der Waals surface area contributed by atoms with Gasteiger partial charge in [-0.15, -0.1) is 0 Å². The van der Waals surface area contributed by atoms with Crippen molar-refractivity contribution in [1.29, 1.82) is 0 Å². The monoisotopic (exact) mass is 389 g/mol. The zero-order chi connectivity index (χ0) is 19.4. The fourth-order valence-electron chi connectivity index (χ4n) is 4.07. The number of sulfonamides is 1. The molecule has 0 N–H and O–H groups in total. The van der Waals surface area contributed by atoms with Crippen molar-refractivity contribution in [3.63, 3.8) is 0 Å². The Bertz CT molecular complexity index is 868. The molecule has 2 atom stereocenters. The van der Waals surface area contributed by atoms with E-state index in [1.54, 1.807) is 10.4 Å². The number of benzene rings is 2. The van der Waals surface area contributed by atoms with Crippen LogP contribution < -0.4 is 4.74 Å². The molecule has 0 aromatic heterocycles. The second-order valence-corrected chi connectivity index (χ2v) is 9.84. The molecular weight excluding hydrogens is 358 g/mol. The van der Waals surface area contributed by atoms with Crippen molar-refractivity contribution >= 4 is 20.8 Å². The first-order chi connectivity index (χ1) is 12.9. The van der Waals surface area contributed by atoms with Crippen LogP contribution in [-0.4, -0.2) is 32.4 Å². The molecule has 1 fully saturated rings. The second-order valence-electron chi connectivity index (χ2n) is 7.93. The Labute approximate surface area is 163 Å². The zero-order valence-corrected chi connectivity index (χ0v) is 17.5. The van der Waals surface area contributed by atoms with E-state index in [-0.39, 0.29) is 0 Å². The van der Waals surface area contributed by atoms with Crippen molar-refractivity contribution in [2.75, 3.05) is 19.7 Å². The van der Waals surface area contributed by atoms with E-state index in [0.29, 0.717) is 36.4 Å². The highest BCUT2D eigenvalue weighted by atomic mass is 32.2. The standard InChI is InChI=1S/C22H31NO3S/c1-4-5-8-13-26-21-11-12-22(20-10-7-6-9-19(20)21)27(24,25)23-15-17(2)14-18(3)16-23/h6-7,9-12,17-18H,4-5,8,13-16H2,1-3H3/t17-,18-/m1/s1. The summed E-state index contributed by atoms with van der Waals surface area (Å²) in [5.41, 5.74) is 0. The van der Waals surface area contributed by atoms with Gasteiger partial charge in [0.2, 0.25) is 10.0 Å². The first-order valence-corrected chi connectivity index (χ1v) is 11.5. The van der Waals surface area contributed by atoms with Crippen LogP contribution in [0.1, 0.15) is 46.5 Å². The smallest absolute Gasteiger partial charge is 0.243 e. The lowest BCUT2D eigenvalue weighted by atomic mass is 9.94. The largest absolute Gasteiger partial charge is 0.493 e. The van der Waals surface area contributed by atoms with Crippen LogP contribution in [0.4, 0.5) is 0 Å². The van der Waals surface area contributed by atoms with Gasteiger partial charge in [0.25, 0.3) is 0 Å². The van der Waals surface area contributed by atoms with Crippen LogP contribution in [-0.2, 0) is 10.0 Å². The SMILES string of the molecule is CCCCCOc1ccc(S(=O)(=O)N2C[C@H](C)C[C@@H](C)C2)c2ccccc12. The van der Waals surface area contributed by atoms with Gasteiger partial charge < -0.3 is 4.74 Å². The third-order valence-corrected chi connectivity index (χ3v) is 7.19. The van der Waals surface area contributed by atoms with Crippen LogP contribution in [0.5, 0.6) is 5.75 Å². The van der Waals surface area contributed by atoms with Gasteiger partial charge in [0, 0.05) is 23.9 Å². The fourth-order valence-corrected chi connectivity index (χ4v) is 5.95. The summed E-state index contributed by atoms with van der Waals surface area (Å²) in [5, 5.41) is 1.62. The Kier molecular flexibility index (Phi) is 6.43. The number of ether oxygens (including phenoxy) is 1. The summed E-state index contributed by atoms with van der Waals surface area (Å²) in [6.45, 7) is 8.27. The van der Waals surface area contributed by atoms with E-state index in [9.17, 15) is 8.42 Å². The van der Waals surface area contributed by atoms with Crippen molar-refractivity contribution in [3.05, 3.63) is 36.4 Å². The number of unbranched alkanes of at least 4 members (excludes halogenated alkanes) is 2. The number of nitrogens with zero attached hydrogens (tertiary/aromatic N) is 1. The molecule has 0 aliphatic carbocycles. The molecule has 1 saturated heterocycles. The molecule has 3 rings (SSSR count). The van der Waals surface area contributed by atoms with Gasteiger partial charge in [-0.25, -0.2) is 8.42 Å². The van der Waals surface area contributed by atoms with Gasteiger partial charge in [0.1, 0.15) is 5.75 Å². The Morgan fingerprint density at radius 1 is 1.00 bits per heavy atom. The molecule has 1 aliphatic rings. The normalized spacial score (nSPS) is 21.4. The summed E-state index contributed by atoms with van der Waals surface area (Å²) in [6, 6.07) is 11.2. The number of hydrogen-bond donors (Lipinski definition) is 0. The van der Waals surface area contributed by atoms with Crippen molar-refractivity contribution in [1.82, 2.24) is 4.31 Å². The minimum atomic E-state index is -3.52. The number of rotatable bonds is 7. The quantitative estimate of drug-likeness (QED) is 0.621. The molecule has 1 aliphatic heterocycles. The lowest BCUT2D eigenvalue weighted by Gasteiger charge is -2.34.